The number of halogens is 2. The van der Waals surface area contributed by atoms with E-state index in [9.17, 15) is 18.3 Å². The fourth-order valence-electron chi connectivity index (χ4n) is 4.37. The molecule has 1 amide bonds. The van der Waals surface area contributed by atoms with Crippen LogP contribution in [-0.4, -0.2) is 59.8 Å². The highest BCUT2D eigenvalue weighted by atomic mass is 35.5. The Bertz CT molecular complexity index is 1540. The van der Waals surface area contributed by atoms with Gasteiger partial charge in [-0.05, 0) is 70.4 Å². The Hall–Kier alpha value is -3.01. The second kappa shape index (κ2) is 11.2. The van der Waals surface area contributed by atoms with Crippen molar-refractivity contribution in [2.75, 3.05) is 26.2 Å². The van der Waals surface area contributed by atoms with E-state index < -0.39 is 10.0 Å². The topological polar surface area (TPSA) is 90.8 Å². The average molecular weight is 558 g/mol. The van der Waals surface area contributed by atoms with Crippen LogP contribution in [-0.2, 0) is 16.6 Å². The van der Waals surface area contributed by atoms with E-state index in [0.29, 0.717) is 29.4 Å². The van der Waals surface area contributed by atoms with Crippen LogP contribution in [0.1, 0.15) is 16.1 Å². The summed E-state index contributed by atoms with van der Waals surface area (Å²) in [7, 11) is -3.68. The third-order valence-corrected chi connectivity index (χ3v) is 8.51. The number of nitrogens with zero attached hydrogens (tertiary/aromatic N) is 3. The molecule has 5 rings (SSSR count). The average Bonchev–Trinajstić information content (AvgIpc) is 2.92. The van der Waals surface area contributed by atoms with Gasteiger partial charge in [-0.3, -0.25) is 9.78 Å². The smallest absolute Gasteiger partial charge is 0.253 e. The van der Waals surface area contributed by atoms with Gasteiger partial charge in [-0.25, -0.2) is 8.42 Å². The van der Waals surface area contributed by atoms with Crippen molar-refractivity contribution in [3.05, 3.63) is 95.3 Å². The molecule has 3 aromatic carbocycles. The minimum absolute atomic E-state index is 0. The molecule has 0 atom stereocenters. The molecule has 0 spiro atoms. The number of rotatable bonds is 5. The highest BCUT2D eigenvalue weighted by Crippen LogP contribution is 2.26. The second-order valence-corrected chi connectivity index (χ2v) is 11.0. The molecule has 0 bridgehead atoms. The largest absolute Gasteiger partial charge is 0.390 e. The number of sulfonamides is 1. The maximum absolute atomic E-state index is 13.2. The summed E-state index contributed by atoms with van der Waals surface area (Å²) in [4.78, 5) is 19.0. The quantitative estimate of drug-likeness (QED) is 0.386. The molecule has 0 radical (unpaired) electrons. The standard InChI is InChI=1S/C27H24ClN3O4S.ClH/c28-24-7-5-22-17-26(8-6-21(22)15-24)36(34,35)31-13-11-30(12-14-31)27(33)20-3-1-19(2-4-20)23-9-10-29-25(16-23)18-32;/h1-10,15-17,32H,11-14,18H2;1H. The lowest BCUT2D eigenvalue weighted by molar-refractivity contribution is 0.0698. The molecule has 192 valence electrons. The van der Waals surface area contributed by atoms with Crippen LogP contribution in [0.2, 0.25) is 5.02 Å². The van der Waals surface area contributed by atoms with Crippen LogP contribution < -0.4 is 0 Å². The fourth-order valence-corrected chi connectivity index (χ4v) is 6.01. The lowest BCUT2D eigenvalue weighted by Gasteiger charge is -2.34. The summed E-state index contributed by atoms with van der Waals surface area (Å²) in [5.74, 6) is -0.132. The van der Waals surface area contributed by atoms with Gasteiger partial charge in [0.1, 0.15) is 0 Å². The van der Waals surface area contributed by atoms with E-state index in [1.807, 2.05) is 18.2 Å². The summed E-state index contributed by atoms with van der Waals surface area (Å²) in [6.07, 6.45) is 1.64. The maximum atomic E-state index is 13.2. The fraction of sp³-hybridized carbons (Fsp3) is 0.185. The minimum Gasteiger partial charge on any atom is -0.390 e. The van der Waals surface area contributed by atoms with Gasteiger partial charge in [0.15, 0.2) is 0 Å². The van der Waals surface area contributed by atoms with Gasteiger partial charge in [0.2, 0.25) is 10.0 Å². The summed E-state index contributed by atoms with van der Waals surface area (Å²) in [6, 6.07) is 21.3. The summed E-state index contributed by atoms with van der Waals surface area (Å²) in [5, 5.41) is 11.6. The molecule has 2 heterocycles. The molecular formula is C27H25Cl2N3O4S. The number of benzene rings is 3. The van der Waals surface area contributed by atoms with Crippen LogP contribution in [0.3, 0.4) is 0 Å². The highest BCUT2D eigenvalue weighted by Gasteiger charge is 2.30. The second-order valence-electron chi connectivity index (χ2n) is 8.62. The number of piperazine rings is 1. The van der Waals surface area contributed by atoms with Crippen molar-refractivity contribution in [2.45, 2.75) is 11.5 Å². The third-order valence-electron chi connectivity index (χ3n) is 6.38. The first kappa shape index (κ1) is 27.0. The van der Waals surface area contributed by atoms with E-state index in [1.165, 1.54) is 4.31 Å². The minimum atomic E-state index is -3.68. The van der Waals surface area contributed by atoms with E-state index in [-0.39, 0.29) is 42.9 Å². The zero-order valence-corrected chi connectivity index (χ0v) is 22.1. The highest BCUT2D eigenvalue weighted by molar-refractivity contribution is 7.89. The van der Waals surface area contributed by atoms with E-state index in [2.05, 4.69) is 4.98 Å². The lowest BCUT2D eigenvalue weighted by atomic mass is 10.0. The monoisotopic (exact) mass is 557 g/mol. The van der Waals surface area contributed by atoms with Crippen LogP contribution in [0.5, 0.6) is 0 Å². The number of fused-ring (bicyclic) bond motifs is 1. The molecule has 1 aromatic heterocycles. The predicted molar refractivity (Wildman–Crippen MR) is 146 cm³/mol. The molecule has 0 saturated carbocycles. The van der Waals surface area contributed by atoms with Crippen molar-refractivity contribution in [1.29, 1.82) is 0 Å². The number of carbonyl (C=O) groups excluding carboxylic acids is 1. The third kappa shape index (κ3) is 5.63. The van der Waals surface area contributed by atoms with Crippen LogP contribution >= 0.6 is 24.0 Å². The van der Waals surface area contributed by atoms with Gasteiger partial charge in [0, 0.05) is 43.0 Å². The van der Waals surface area contributed by atoms with Crippen molar-refractivity contribution in [1.82, 2.24) is 14.2 Å². The van der Waals surface area contributed by atoms with E-state index >= 15 is 0 Å². The first-order valence-electron chi connectivity index (χ1n) is 11.5. The number of aliphatic hydroxyl groups is 1. The molecule has 1 saturated heterocycles. The Balaban J connectivity index is 0.00000320. The summed E-state index contributed by atoms with van der Waals surface area (Å²) >= 11 is 6.03. The summed E-state index contributed by atoms with van der Waals surface area (Å²) in [5.41, 5.74) is 2.94. The van der Waals surface area contributed by atoms with Crippen LogP contribution in [0.15, 0.2) is 83.9 Å². The number of aliphatic hydroxyl groups excluding tert-OH is 1. The van der Waals surface area contributed by atoms with Gasteiger partial charge in [-0.2, -0.15) is 4.31 Å². The zero-order valence-electron chi connectivity index (χ0n) is 19.7. The Morgan fingerprint density at radius 3 is 2.24 bits per heavy atom. The Morgan fingerprint density at radius 2 is 1.54 bits per heavy atom. The number of hydrogen-bond acceptors (Lipinski definition) is 5. The maximum Gasteiger partial charge on any atom is 0.253 e. The molecule has 1 N–H and O–H groups in total. The Labute approximate surface area is 226 Å². The zero-order chi connectivity index (χ0) is 25.3. The Kier molecular flexibility index (Phi) is 8.16. The SMILES string of the molecule is Cl.O=C(c1ccc(-c2ccnc(CO)c2)cc1)N1CCN(S(=O)(=O)c2ccc3cc(Cl)ccc3c2)CC1. The van der Waals surface area contributed by atoms with Crippen molar-refractivity contribution < 1.29 is 18.3 Å². The lowest BCUT2D eigenvalue weighted by Crippen LogP contribution is -2.50. The van der Waals surface area contributed by atoms with Gasteiger partial charge in [0.25, 0.3) is 5.91 Å². The number of carbonyl (C=O) groups is 1. The van der Waals surface area contributed by atoms with Crippen LogP contribution in [0, 0.1) is 0 Å². The summed E-state index contributed by atoms with van der Waals surface area (Å²) < 4.78 is 27.9. The van der Waals surface area contributed by atoms with Gasteiger partial charge in [-0.15, -0.1) is 12.4 Å². The van der Waals surface area contributed by atoms with Crippen LogP contribution in [0.25, 0.3) is 21.9 Å². The molecule has 4 aromatic rings. The molecule has 10 heteroatoms. The van der Waals surface area contributed by atoms with Crippen molar-refractivity contribution in [2.24, 2.45) is 0 Å². The molecular weight excluding hydrogens is 533 g/mol. The first-order chi connectivity index (χ1) is 17.3. The number of hydrogen-bond donors (Lipinski definition) is 1. The number of amides is 1. The number of pyridine rings is 1. The summed E-state index contributed by atoms with van der Waals surface area (Å²) in [6.45, 7) is 0.944. The van der Waals surface area contributed by atoms with Gasteiger partial charge < -0.3 is 10.0 Å². The Morgan fingerprint density at radius 1 is 0.865 bits per heavy atom. The molecule has 37 heavy (non-hydrogen) atoms. The number of aromatic nitrogens is 1. The van der Waals surface area contributed by atoms with Gasteiger partial charge >= 0.3 is 0 Å². The molecule has 1 aliphatic rings. The molecule has 0 unspecified atom stereocenters. The van der Waals surface area contributed by atoms with Crippen molar-refractivity contribution in [3.8, 4) is 11.1 Å². The predicted octanol–water partition coefficient (Wildman–Crippen LogP) is 4.62. The van der Waals surface area contributed by atoms with Crippen molar-refractivity contribution >= 4 is 50.7 Å². The van der Waals surface area contributed by atoms with E-state index in [1.54, 1.807) is 65.7 Å². The van der Waals surface area contributed by atoms with Crippen molar-refractivity contribution in [3.63, 3.8) is 0 Å². The van der Waals surface area contributed by atoms with E-state index in [0.717, 1.165) is 21.9 Å². The van der Waals surface area contributed by atoms with Crippen LogP contribution in [0.4, 0.5) is 0 Å². The molecule has 1 aliphatic heterocycles. The molecule has 0 aliphatic carbocycles. The normalized spacial score (nSPS) is 14.4. The van der Waals surface area contributed by atoms with Gasteiger partial charge in [0.05, 0.1) is 17.2 Å². The molecule has 7 nitrogen and oxygen atoms in total. The van der Waals surface area contributed by atoms with Gasteiger partial charge in [-0.1, -0.05) is 35.9 Å². The first-order valence-corrected chi connectivity index (χ1v) is 13.3. The molecule has 1 fully saturated rings. The van der Waals surface area contributed by atoms with E-state index in [4.69, 9.17) is 11.6 Å².